The number of likely N-dealkylation sites (tertiary alicyclic amines) is 1. The van der Waals surface area contributed by atoms with Gasteiger partial charge in [-0.2, -0.15) is 0 Å². The summed E-state index contributed by atoms with van der Waals surface area (Å²) in [6, 6.07) is 18.5. The van der Waals surface area contributed by atoms with Crippen molar-refractivity contribution in [3.8, 4) is 0 Å². The van der Waals surface area contributed by atoms with E-state index < -0.39 is 12.0 Å². The average molecular weight is 354 g/mol. The first-order valence-corrected chi connectivity index (χ1v) is 8.40. The summed E-state index contributed by atoms with van der Waals surface area (Å²) in [7, 11) is 0. The lowest BCUT2D eigenvalue weighted by atomic mass is 10.0. The quantitative estimate of drug-likeness (QED) is 0.508. The van der Waals surface area contributed by atoms with Crippen molar-refractivity contribution in [3.63, 3.8) is 0 Å². The molecule has 2 aromatic carbocycles. The molecule has 1 amide bonds. The van der Waals surface area contributed by atoms with E-state index in [4.69, 9.17) is 17.0 Å². The molecule has 3 rings (SSSR count). The molecule has 25 heavy (non-hydrogen) atoms. The van der Waals surface area contributed by atoms with Crippen LogP contribution in [0.25, 0.3) is 0 Å². The Morgan fingerprint density at radius 3 is 2.28 bits per heavy atom. The van der Waals surface area contributed by atoms with E-state index in [2.05, 4.69) is 5.32 Å². The average Bonchev–Trinajstić information content (AvgIpc) is 2.64. The number of carbonyl (C=O) groups excluding carboxylic acids is 2. The van der Waals surface area contributed by atoms with Gasteiger partial charge in [-0.1, -0.05) is 60.7 Å². The molecular weight excluding hydrogens is 336 g/mol. The lowest BCUT2D eigenvalue weighted by molar-refractivity contribution is -0.162. The van der Waals surface area contributed by atoms with E-state index in [1.54, 1.807) is 0 Å². The molecule has 1 N–H and O–H groups in total. The summed E-state index contributed by atoms with van der Waals surface area (Å²) in [5, 5.41) is 3.27. The Labute approximate surface area is 151 Å². The van der Waals surface area contributed by atoms with Crippen molar-refractivity contribution >= 4 is 29.2 Å². The third-order valence-corrected chi connectivity index (χ3v) is 4.29. The molecule has 5 nitrogen and oxygen atoms in total. The first-order valence-electron chi connectivity index (χ1n) is 7.99. The van der Waals surface area contributed by atoms with Crippen molar-refractivity contribution in [2.24, 2.45) is 0 Å². The summed E-state index contributed by atoms with van der Waals surface area (Å²) in [5.41, 5.74) is 1.94. The molecule has 0 spiro atoms. The van der Waals surface area contributed by atoms with Gasteiger partial charge >= 0.3 is 5.97 Å². The van der Waals surface area contributed by atoms with Crippen LogP contribution in [-0.4, -0.2) is 27.9 Å². The molecule has 6 heteroatoms. The predicted molar refractivity (Wildman–Crippen MR) is 97.4 cm³/mol. The van der Waals surface area contributed by atoms with Gasteiger partial charge in [-0.05, 0) is 23.3 Å². The van der Waals surface area contributed by atoms with Crippen LogP contribution in [0.5, 0.6) is 0 Å². The van der Waals surface area contributed by atoms with E-state index in [-0.39, 0.29) is 24.0 Å². The molecule has 0 aliphatic carbocycles. The zero-order valence-electron chi connectivity index (χ0n) is 13.6. The SMILES string of the molecule is O=C(OCc1ccccc1)C1CC(=O)N1C(=S)NCc1ccccc1. The highest BCUT2D eigenvalue weighted by molar-refractivity contribution is 7.80. The minimum atomic E-state index is -0.646. The molecular formula is C19H18N2O3S. The Balaban J connectivity index is 1.52. The monoisotopic (exact) mass is 354 g/mol. The third-order valence-electron chi connectivity index (χ3n) is 3.95. The maximum absolute atomic E-state index is 12.2. The number of nitrogens with zero attached hydrogens (tertiary/aromatic N) is 1. The van der Waals surface area contributed by atoms with Crippen molar-refractivity contribution in [2.45, 2.75) is 25.6 Å². The summed E-state index contributed by atoms with van der Waals surface area (Å²) in [5.74, 6) is -0.612. The van der Waals surface area contributed by atoms with E-state index >= 15 is 0 Å². The normalized spacial score (nSPS) is 16.1. The van der Waals surface area contributed by atoms with Crippen molar-refractivity contribution in [1.29, 1.82) is 0 Å². The van der Waals surface area contributed by atoms with Crippen LogP contribution < -0.4 is 5.32 Å². The third kappa shape index (κ3) is 4.22. The largest absolute Gasteiger partial charge is 0.459 e. The maximum atomic E-state index is 12.2. The number of hydrogen-bond acceptors (Lipinski definition) is 4. The zero-order chi connectivity index (χ0) is 17.6. The Hall–Kier alpha value is -2.73. The minimum absolute atomic E-state index is 0.126. The van der Waals surface area contributed by atoms with Gasteiger partial charge in [0, 0.05) is 6.54 Å². The van der Waals surface area contributed by atoms with Gasteiger partial charge in [0.25, 0.3) is 0 Å². The van der Waals surface area contributed by atoms with E-state index in [9.17, 15) is 9.59 Å². The molecule has 128 valence electrons. The van der Waals surface area contributed by atoms with Gasteiger partial charge in [0.1, 0.15) is 12.6 Å². The van der Waals surface area contributed by atoms with Crippen molar-refractivity contribution in [1.82, 2.24) is 10.2 Å². The number of ether oxygens (including phenoxy) is 1. The number of thiocarbonyl (C=S) groups is 1. The molecule has 1 fully saturated rings. The van der Waals surface area contributed by atoms with Crippen LogP contribution in [0, 0.1) is 0 Å². The second-order valence-electron chi connectivity index (χ2n) is 5.72. The minimum Gasteiger partial charge on any atom is -0.459 e. The lowest BCUT2D eigenvalue weighted by Gasteiger charge is -2.38. The molecule has 0 saturated carbocycles. The van der Waals surface area contributed by atoms with Crippen molar-refractivity contribution in [3.05, 3.63) is 71.8 Å². The van der Waals surface area contributed by atoms with Gasteiger partial charge < -0.3 is 10.1 Å². The molecule has 1 heterocycles. The van der Waals surface area contributed by atoms with Gasteiger partial charge in [0.2, 0.25) is 5.91 Å². The van der Waals surface area contributed by atoms with E-state index in [1.807, 2.05) is 60.7 Å². The topological polar surface area (TPSA) is 58.6 Å². The predicted octanol–water partition coefficient (Wildman–Crippen LogP) is 2.41. The van der Waals surface area contributed by atoms with Gasteiger partial charge in [0.05, 0.1) is 6.42 Å². The summed E-state index contributed by atoms with van der Waals surface area (Å²) < 4.78 is 5.30. The Morgan fingerprint density at radius 2 is 1.68 bits per heavy atom. The molecule has 0 aromatic heterocycles. The second-order valence-corrected chi connectivity index (χ2v) is 6.11. The van der Waals surface area contributed by atoms with Gasteiger partial charge in [-0.3, -0.25) is 9.69 Å². The lowest BCUT2D eigenvalue weighted by Crippen LogP contribution is -2.61. The number of benzene rings is 2. The highest BCUT2D eigenvalue weighted by atomic mass is 32.1. The first-order chi connectivity index (χ1) is 12.1. The van der Waals surface area contributed by atoms with Crippen LogP contribution >= 0.6 is 12.2 Å². The molecule has 0 bridgehead atoms. The van der Waals surface area contributed by atoms with E-state index in [1.165, 1.54) is 4.90 Å². The van der Waals surface area contributed by atoms with Crippen LogP contribution in [0.2, 0.25) is 0 Å². The molecule has 1 aliphatic heterocycles. The fraction of sp³-hybridized carbons (Fsp3) is 0.211. The van der Waals surface area contributed by atoms with Crippen LogP contribution in [0.3, 0.4) is 0 Å². The van der Waals surface area contributed by atoms with Crippen LogP contribution in [0.4, 0.5) is 0 Å². The maximum Gasteiger partial charge on any atom is 0.330 e. The van der Waals surface area contributed by atoms with Crippen LogP contribution in [0.15, 0.2) is 60.7 Å². The zero-order valence-corrected chi connectivity index (χ0v) is 14.4. The fourth-order valence-electron chi connectivity index (χ4n) is 2.54. The highest BCUT2D eigenvalue weighted by Crippen LogP contribution is 2.21. The van der Waals surface area contributed by atoms with Crippen molar-refractivity contribution in [2.75, 3.05) is 0 Å². The summed E-state index contributed by atoms with van der Waals surface area (Å²) in [6.07, 6.45) is 0.126. The molecule has 1 aliphatic rings. The number of rotatable bonds is 5. The molecule has 1 saturated heterocycles. The number of carbonyl (C=O) groups is 2. The Morgan fingerprint density at radius 1 is 1.08 bits per heavy atom. The number of hydrogen-bond donors (Lipinski definition) is 1. The number of β-lactam (4-membered cyclic amide) rings is 1. The number of amides is 1. The summed E-state index contributed by atoms with van der Waals surface area (Å²) >= 11 is 5.26. The van der Waals surface area contributed by atoms with Gasteiger partial charge in [-0.15, -0.1) is 0 Å². The summed E-state index contributed by atoms with van der Waals surface area (Å²) in [6.45, 7) is 0.678. The van der Waals surface area contributed by atoms with Gasteiger partial charge in [-0.25, -0.2) is 4.79 Å². The smallest absolute Gasteiger partial charge is 0.330 e. The Kier molecular flexibility index (Phi) is 5.40. The number of nitrogens with one attached hydrogen (secondary N) is 1. The molecule has 1 unspecified atom stereocenters. The van der Waals surface area contributed by atoms with E-state index in [0.717, 1.165) is 11.1 Å². The van der Waals surface area contributed by atoms with E-state index in [0.29, 0.717) is 6.54 Å². The van der Waals surface area contributed by atoms with Crippen molar-refractivity contribution < 1.29 is 14.3 Å². The molecule has 2 aromatic rings. The van der Waals surface area contributed by atoms with Crippen LogP contribution in [-0.2, 0) is 27.5 Å². The second kappa shape index (κ2) is 7.90. The van der Waals surface area contributed by atoms with Gasteiger partial charge in [0.15, 0.2) is 5.11 Å². The first kappa shape index (κ1) is 17.1. The molecule has 0 radical (unpaired) electrons. The standard InChI is InChI=1S/C19H18N2O3S/c22-17-11-16(18(23)24-13-15-9-5-2-6-10-15)21(17)19(25)20-12-14-7-3-1-4-8-14/h1-10,16H,11-13H2,(H,20,25). The molecule has 1 atom stereocenters. The highest BCUT2D eigenvalue weighted by Gasteiger charge is 2.44. The summed E-state index contributed by atoms with van der Waals surface area (Å²) in [4.78, 5) is 25.4. The number of esters is 1. The fourth-order valence-corrected chi connectivity index (χ4v) is 2.84. The Bertz CT molecular complexity index is 765. The van der Waals surface area contributed by atoms with Crippen LogP contribution in [0.1, 0.15) is 17.5 Å².